The van der Waals surface area contributed by atoms with Crippen LogP contribution in [0.1, 0.15) is 28.9 Å². The minimum Gasteiger partial charge on any atom is -0.457 e. The van der Waals surface area contributed by atoms with Gasteiger partial charge in [0.15, 0.2) is 0 Å². The zero-order valence-corrected chi connectivity index (χ0v) is 19.5. The number of nitrogens with one attached hydrogen (secondary N) is 2. The fourth-order valence-corrected chi connectivity index (χ4v) is 5.71. The van der Waals surface area contributed by atoms with Gasteiger partial charge in [-0.2, -0.15) is 0 Å². The van der Waals surface area contributed by atoms with E-state index in [0.29, 0.717) is 32.5 Å². The number of nitrogens with zero attached hydrogens (tertiary/aromatic N) is 2. The van der Waals surface area contributed by atoms with E-state index in [1.807, 2.05) is 54.6 Å². The highest BCUT2D eigenvalue weighted by Gasteiger charge is 2.33. The number of para-hydroxylation sites is 1. The van der Waals surface area contributed by atoms with Crippen molar-refractivity contribution in [2.45, 2.75) is 31.3 Å². The standard InChI is InChI=1S/C26H23N5O3S/c27-15-6-7-16(14-15)29-24(32)23-22-21-20(12-13-28-25(21)35-23)31(26(33)30-22)17-8-10-19(11-9-17)34-18-4-2-1-3-5-18/h1-5,8-13,15-16H,6-7,14,27H2,(H,29,32)(H,30,33)/t15-,16+/m0/s1. The predicted octanol–water partition coefficient (Wildman–Crippen LogP) is 5.38. The molecular formula is C26H23N5O3S. The van der Waals surface area contributed by atoms with E-state index in [2.05, 4.69) is 15.6 Å². The second-order valence-corrected chi connectivity index (χ2v) is 9.73. The lowest BCUT2D eigenvalue weighted by Crippen LogP contribution is -2.36. The Hall–Kier alpha value is -3.95. The zero-order chi connectivity index (χ0) is 23.9. The van der Waals surface area contributed by atoms with Gasteiger partial charge in [0.25, 0.3) is 5.91 Å². The Morgan fingerprint density at radius 3 is 2.60 bits per heavy atom. The first-order valence-electron chi connectivity index (χ1n) is 11.5. The number of carbonyl (C=O) groups is 2. The van der Waals surface area contributed by atoms with Crippen LogP contribution in [-0.4, -0.2) is 29.0 Å². The molecule has 4 aromatic rings. The highest BCUT2D eigenvalue weighted by molar-refractivity contribution is 7.21. The summed E-state index contributed by atoms with van der Waals surface area (Å²) in [4.78, 5) is 33.6. The Morgan fingerprint density at radius 1 is 1.09 bits per heavy atom. The van der Waals surface area contributed by atoms with Crippen LogP contribution in [0.15, 0.2) is 66.9 Å². The number of hydrogen-bond acceptors (Lipinski definition) is 6. The highest BCUT2D eigenvalue weighted by Crippen LogP contribution is 2.46. The molecule has 35 heavy (non-hydrogen) atoms. The lowest BCUT2D eigenvalue weighted by atomic mass is 10.1. The van der Waals surface area contributed by atoms with Crippen LogP contribution in [0.3, 0.4) is 0 Å². The maximum atomic E-state index is 13.3. The summed E-state index contributed by atoms with van der Waals surface area (Å²) in [5, 5.41) is 6.76. The molecule has 2 atom stereocenters. The molecule has 6 rings (SSSR count). The Balaban J connectivity index is 1.31. The number of anilines is 3. The number of amides is 3. The number of thiophene rings is 1. The lowest BCUT2D eigenvalue weighted by molar-refractivity contribution is 0.0942. The number of ether oxygens (including phenoxy) is 1. The molecular weight excluding hydrogens is 462 g/mol. The van der Waals surface area contributed by atoms with Gasteiger partial charge < -0.3 is 21.1 Å². The second kappa shape index (κ2) is 8.68. The molecule has 2 aromatic heterocycles. The number of rotatable bonds is 5. The minimum absolute atomic E-state index is 0.0507. The van der Waals surface area contributed by atoms with Crippen LogP contribution in [0.5, 0.6) is 11.5 Å². The SMILES string of the molecule is N[C@H]1CC[C@@H](NC(=O)c2sc3nccc4c3c2NC(=O)N4c2ccc(Oc3ccccc3)cc2)C1. The topological polar surface area (TPSA) is 110 Å². The van der Waals surface area contributed by atoms with Crippen molar-refractivity contribution in [3.8, 4) is 11.5 Å². The molecule has 0 bridgehead atoms. The van der Waals surface area contributed by atoms with Crippen LogP contribution in [-0.2, 0) is 0 Å². The molecule has 3 amide bonds. The molecule has 2 aromatic carbocycles. The van der Waals surface area contributed by atoms with E-state index in [4.69, 9.17) is 10.5 Å². The van der Waals surface area contributed by atoms with Crippen LogP contribution >= 0.6 is 11.3 Å². The highest BCUT2D eigenvalue weighted by atomic mass is 32.1. The van der Waals surface area contributed by atoms with E-state index in [1.165, 1.54) is 11.3 Å². The Morgan fingerprint density at radius 2 is 1.86 bits per heavy atom. The van der Waals surface area contributed by atoms with E-state index in [-0.39, 0.29) is 24.0 Å². The molecule has 4 N–H and O–H groups in total. The van der Waals surface area contributed by atoms with Crippen molar-refractivity contribution in [3.63, 3.8) is 0 Å². The predicted molar refractivity (Wildman–Crippen MR) is 137 cm³/mol. The smallest absolute Gasteiger partial charge is 0.331 e. The number of nitrogens with two attached hydrogens (primary N) is 1. The van der Waals surface area contributed by atoms with E-state index in [9.17, 15) is 9.59 Å². The molecule has 9 heteroatoms. The minimum atomic E-state index is -0.336. The average Bonchev–Trinajstić information content (AvgIpc) is 3.44. The van der Waals surface area contributed by atoms with Crippen molar-refractivity contribution in [1.29, 1.82) is 0 Å². The van der Waals surface area contributed by atoms with Crippen LogP contribution in [0.4, 0.5) is 21.9 Å². The molecule has 0 radical (unpaired) electrons. The number of carbonyl (C=O) groups excluding carboxylic acids is 2. The summed E-state index contributed by atoms with van der Waals surface area (Å²) >= 11 is 1.28. The summed E-state index contributed by atoms with van der Waals surface area (Å²) in [6.45, 7) is 0. The zero-order valence-electron chi connectivity index (χ0n) is 18.7. The van der Waals surface area contributed by atoms with Crippen molar-refractivity contribution in [1.82, 2.24) is 10.3 Å². The molecule has 1 saturated carbocycles. The molecule has 0 unspecified atom stereocenters. The summed E-state index contributed by atoms with van der Waals surface area (Å²) in [6.07, 6.45) is 4.19. The summed E-state index contributed by atoms with van der Waals surface area (Å²) in [7, 11) is 0. The van der Waals surface area contributed by atoms with Gasteiger partial charge in [-0.15, -0.1) is 11.3 Å². The van der Waals surface area contributed by atoms with Gasteiger partial charge in [0, 0.05) is 18.3 Å². The summed E-state index contributed by atoms with van der Waals surface area (Å²) in [6, 6.07) is 18.4. The summed E-state index contributed by atoms with van der Waals surface area (Å²) < 4.78 is 5.87. The van der Waals surface area contributed by atoms with E-state index < -0.39 is 0 Å². The fraction of sp³-hybridized carbons (Fsp3) is 0.192. The lowest BCUT2D eigenvalue weighted by Gasteiger charge is -2.28. The largest absolute Gasteiger partial charge is 0.457 e. The number of benzene rings is 2. The monoisotopic (exact) mass is 485 g/mol. The summed E-state index contributed by atoms with van der Waals surface area (Å²) in [5.74, 6) is 1.20. The third-order valence-corrected chi connectivity index (χ3v) is 7.43. The second-order valence-electron chi connectivity index (χ2n) is 8.73. The Labute approximate surface area is 205 Å². The van der Waals surface area contributed by atoms with Gasteiger partial charge in [-0.1, -0.05) is 18.2 Å². The molecule has 176 valence electrons. The fourth-order valence-electron chi connectivity index (χ4n) is 4.69. The molecule has 1 fully saturated rings. The van der Waals surface area contributed by atoms with Gasteiger partial charge in [-0.3, -0.25) is 9.69 Å². The third-order valence-electron chi connectivity index (χ3n) is 6.33. The van der Waals surface area contributed by atoms with Gasteiger partial charge >= 0.3 is 6.03 Å². The van der Waals surface area contributed by atoms with Crippen molar-refractivity contribution in [2.75, 3.05) is 10.2 Å². The van der Waals surface area contributed by atoms with Crippen LogP contribution in [0.2, 0.25) is 0 Å². The van der Waals surface area contributed by atoms with Crippen molar-refractivity contribution in [3.05, 3.63) is 71.7 Å². The number of hydrogen-bond donors (Lipinski definition) is 3. The Kier molecular flexibility index (Phi) is 5.35. The van der Waals surface area contributed by atoms with Crippen molar-refractivity contribution < 1.29 is 14.3 Å². The number of pyridine rings is 1. The van der Waals surface area contributed by atoms with Gasteiger partial charge in [0.1, 0.15) is 21.2 Å². The first kappa shape index (κ1) is 21.6. The van der Waals surface area contributed by atoms with Gasteiger partial charge in [0.05, 0.1) is 22.4 Å². The van der Waals surface area contributed by atoms with Crippen LogP contribution < -0.4 is 26.0 Å². The van der Waals surface area contributed by atoms with Crippen LogP contribution in [0, 0.1) is 0 Å². The molecule has 1 aliphatic carbocycles. The molecule has 1 aliphatic heterocycles. The van der Waals surface area contributed by atoms with Crippen molar-refractivity contribution >= 4 is 50.6 Å². The quantitative estimate of drug-likeness (QED) is 0.352. The molecule has 0 saturated heterocycles. The first-order valence-corrected chi connectivity index (χ1v) is 12.3. The Bertz CT molecular complexity index is 1420. The van der Waals surface area contributed by atoms with E-state index in [0.717, 1.165) is 30.4 Å². The van der Waals surface area contributed by atoms with E-state index >= 15 is 0 Å². The van der Waals surface area contributed by atoms with Gasteiger partial charge in [-0.05, 0) is 61.7 Å². The van der Waals surface area contributed by atoms with Gasteiger partial charge in [0.2, 0.25) is 0 Å². The molecule has 2 aliphatic rings. The summed E-state index contributed by atoms with van der Waals surface area (Å²) in [5.41, 5.74) is 7.87. The van der Waals surface area contributed by atoms with Crippen molar-refractivity contribution in [2.24, 2.45) is 5.73 Å². The number of aromatic nitrogens is 1. The van der Waals surface area contributed by atoms with E-state index in [1.54, 1.807) is 17.2 Å². The average molecular weight is 486 g/mol. The first-order chi connectivity index (χ1) is 17.1. The maximum absolute atomic E-state index is 13.3. The third kappa shape index (κ3) is 3.98. The van der Waals surface area contributed by atoms with Gasteiger partial charge in [-0.25, -0.2) is 9.78 Å². The molecule has 8 nitrogen and oxygen atoms in total. The molecule has 0 spiro atoms. The van der Waals surface area contributed by atoms with Crippen LogP contribution in [0.25, 0.3) is 10.2 Å². The normalized spacial score (nSPS) is 19.0. The number of urea groups is 1. The maximum Gasteiger partial charge on any atom is 0.331 e. The molecule has 3 heterocycles.